The molecule has 1 aromatic carbocycles. The summed E-state index contributed by atoms with van der Waals surface area (Å²) >= 11 is 3.66. The molecule has 0 aliphatic carbocycles. The van der Waals surface area contributed by atoms with Gasteiger partial charge in [-0.1, -0.05) is 12.1 Å². The maximum Gasteiger partial charge on any atom is 0.252 e. The summed E-state index contributed by atoms with van der Waals surface area (Å²) in [6.45, 7) is 0.0401. The second kappa shape index (κ2) is 6.26. The minimum atomic E-state index is -0.194. The van der Waals surface area contributed by atoms with Crippen LogP contribution in [0.5, 0.6) is 0 Å². The van der Waals surface area contributed by atoms with E-state index < -0.39 is 0 Å². The molecule has 0 atom stereocenters. The zero-order valence-corrected chi connectivity index (χ0v) is 12.6. The standard InChI is InChI=1S/C12H11IN2O2S/c1-17-6-11(16)15-12-14-10(7-18-12)8-2-4-9(13)5-3-8/h2-5,7H,6H2,1H3,(H,14,15,16). The van der Waals surface area contributed by atoms with Crippen LogP contribution in [0.3, 0.4) is 0 Å². The Morgan fingerprint density at radius 3 is 2.83 bits per heavy atom. The molecule has 2 rings (SSSR count). The number of ether oxygens (including phenoxy) is 1. The van der Waals surface area contributed by atoms with E-state index >= 15 is 0 Å². The Morgan fingerprint density at radius 1 is 1.44 bits per heavy atom. The van der Waals surface area contributed by atoms with Crippen molar-refractivity contribution in [1.82, 2.24) is 4.98 Å². The number of hydrogen-bond donors (Lipinski definition) is 1. The van der Waals surface area contributed by atoms with Crippen LogP contribution < -0.4 is 5.32 Å². The molecule has 0 saturated carbocycles. The van der Waals surface area contributed by atoms with Gasteiger partial charge in [-0.05, 0) is 34.7 Å². The quantitative estimate of drug-likeness (QED) is 0.838. The fourth-order valence-corrected chi connectivity index (χ4v) is 2.47. The lowest BCUT2D eigenvalue weighted by Crippen LogP contribution is -2.16. The molecular weight excluding hydrogens is 363 g/mol. The Kier molecular flexibility index (Phi) is 4.67. The molecule has 0 saturated heterocycles. The first-order chi connectivity index (χ1) is 8.69. The Bertz CT molecular complexity index is 539. The van der Waals surface area contributed by atoms with Gasteiger partial charge >= 0.3 is 0 Å². The van der Waals surface area contributed by atoms with E-state index in [0.717, 1.165) is 11.3 Å². The molecule has 2 aromatic rings. The predicted octanol–water partition coefficient (Wildman–Crippen LogP) is 3.00. The Balaban J connectivity index is 2.10. The van der Waals surface area contributed by atoms with Crippen molar-refractivity contribution in [2.24, 2.45) is 0 Å². The smallest absolute Gasteiger partial charge is 0.252 e. The summed E-state index contributed by atoms with van der Waals surface area (Å²) < 4.78 is 5.93. The maximum absolute atomic E-state index is 11.3. The monoisotopic (exact) mass is 374 g/mol. The first-order valence-corrected chi connectivity index (χ1v) is 7.15. The summed E-state index contributed by atoms with van der Waals surface area (Å²) in [4.78, 5) is 15.7. The Hall–Kier alpha value is -0.990. The summed E-state index contributed by atoms with van der Waals surface area (Å²) in [6, 6.07) is 8.08. The number of thiazole rings is 1. The molecule has 94 valence electrons. The van der Waals surface area contributed by atoms with Crippen molar-refractivity contribution in [3.05, 3.63) is 33.2 Å². The molecule has 0 unspecified atom stereocenters. The molecule has 6 heteroatoms. The van der Waals surface area contributed by atoms with Gasteiger partial charge < -0.3 is 4.74 Å². The number of hydrogen-bond acceptors (Lipinski definition) is 4. The van der Waals surface area contributed by atoms with Crippen LogP contribution in [0, 0.1) is 3.57 Å². The highest BCUT2D eigenvalue weighted by atomic mass is 127. The summed E-state index contributed by atoms with van der Waals surface area (Å²) in [6.07, 6.45) is 0. The number of carbonyl (C=O) groups is 1. The van der Waals surface area contributed by atoms with Gasteiger partial charge in [-0.25, -0.2) is 4.98 Å². The molecular formula is C12H11IN2O2S. The number of anilines is 1. The van der Waals surface area contributed by atoms with E-state index in [1.54, 1.807) is 0 Å². The van der Waals surface area contributed by atoms with Gasteiger partial charge in [0.25, 0.3) is 5.91 Å². The van der Waals surface area contributed by atoms with E-state index in [9.17, 15) is 4.79 Å². The third kappa shape index (κ3) is 3.50. The zero-order chi connectivity index (χ0) is 13.0. The fourth-order valence-electron chi connectivity index (χ4n) is 1.37. The summed E-state index contributed by atoms with van der Waals surface area (Å²) in [5.74, 6) is -0.194. The third-order valence-corrected chi connectivity index (χ3v) is 3.64. The topological polar surface area (TPSA) is 51.2 Å². The number of carbonyl (C=O) groups excluding carboxylic acids is 1. The lowest BCUT2D eigenvalue weighted by Gasteiger charge is -1.99. The van der Waals surface area contributed by atoms with Gasteiger partial charge in [-0.3, -0.25) is 10.1 Å². The normalized spacial score (nSPS) is 10.3. The number of aromatic nitrogens is 1. The first kappa shape index (κ1) is 13.4. The van der Waals surface area contributed by atoms with Crippen LogP contribution in [0.2, 0.25) is 0 Å². The van der Waals surface area contributed by atoms with Gasteiger partial charge in [-0.2, -0.15) is 0 Å². The lowest BCUT2D eigenvalue weighted by atomic mass is 10.2. The maximum atomic E-state index is 11.3. The molecule has 0 spiro atoms. The second-order valence-corrected chi connectivity index (χ2v) is 5.63. The van der Waals surface area contributed by atoms with Gasteiger partial charge in [0.05, 0.1) is 5.69 Å². The molecule has 1 amide bonds. The minimum absolute atomic E-state index is 0.0401. The number of nitrogens with one attached hydrogen (secondary N) is 1. The van der Waals surface area contributed by atoms with E-state index in [0.29, 0.717) is 5.13 Å². The van der Waals surface area contributed by atoms with Crippen LogP contribution in [-0.4, -0.2) is 24.6 Å². The molecule has 4 nitrogen and oxygen atoms in total. The van der Waals surface area contributed by atoms with Crippen molar-refractivity contribution >= 4 is 45.0 Å². The number of benzene rings is 1. The SMILES string of the molecule is COCC(=O)Nc1nc(-c2ccc(I)cc2)cs1. The first-order valence-electron chi connectivity index (χ1n) is 5.19. The average molecular weight is 374 g/mol. The van der Waals surface area contributed by atoms with E-state index in [1.165, 1.54) is 22.0 Å². The van der Waals surface area contributed by atoms with Crippen LogP contribution >= 0.6 is 33.9 Å². The Labute approximate surface area is 123 Å². The lowest BCUT2D eigenvalue weighted by molar-refractivity contribution is -0.119. The molecule has 1 N–H and O–H groups in total. The highest BCUT2D eigenvalue weighted by Crippen LogP contribution is 2.25. The average Bonchev–Trinajstić information content (AvgIpc) is 2.78. The molecule has 0 aliphatic heterocycles. The molecule has 1 heterocycles. The van der Waals surface area contributed by atoms with E-state index in [1.807, 2.05) is 29.6 Å². The van der Waals surface area contributed by atoms with Crippen molar-refractivity contribution in [2.45, 2.75) is 0 Å². The second-order valence-electron chi connectivity index (χ2n) is 3.53. The highest BCUT2D eigenvalue weighted by molar-refractivity contribution is 14.1. The van der Waals surface area contributed by atoms with Crippen molar-refractivity contribution in [2.75, 3.05) is 19.0 Å². The molecule has 18 heavy (non-hydrogen) atoms. The highest BCUT2D eigenvalue weighted by Gasteiger charge is 2.07. The van der Waals surface area contributed by atoms with Crippen molar-refractivity contribution in [3.8, 4) is 11.3 Å². The van der Waals surface area contributed by atoms with Gasteiger partial charge in [0.15, 0.2) is 5.13 Å². The predicted molar refractivity (Wildman–Crippen MR) is 80.8 cm³/mol. The summed E-state index contributed by atoms with van der Waals surface area (Å²) in [5, 5.41) is 5.20. The van der Waals surface area contributed by atoms with E-state index in [-0.39, 0.29) is 12.5 Å². The molecule has 0 bridgehead atoms. The van der Waals surface area contributed by atoms with Crippen LogP contribution in [0.1, 0.15) is 0 Å². The van der Waals surface area contributed by atoms with Crippen LogP contribution in [-0.2, 0) is 9.53 Å². The van der Waals surface area contributed by atoms with Gasteiger partial charge in [0, 0.05) is 21.6 Å². The van der Waals surface area contributed by atoms with Crippen LogP contribution in [0.15, 0.2) is 29.6 Å². The summed E-state index contributed by atoms with van der Waals surface area (Å²) in [5.41, 5.74) is 1.91. The molecule has 0 fully saturated rings. The summed E-state index contributed by atoms with van der Waals surface area (Å²) in [7, 11) is 1.48. The molecule has 0 aliphatic rings. The zero-order valence-electron chi connectivity index (χ0n) is 9.64. The van der Waals surface area contributed by atoms with E-state index in [2.05, 4.69) is 32.9 Å². The molecule has 1 aromatic heterocycles. The fraction of sp³-hybridized carbons (Fsp3) is 0.167. The number of amides is 1. The van der Waals surface area contributed by atoms with Crippen molar-refractivity contribution in [1.29, 1.82) is 0 Å². The minimum Gasteiger partial charge on any atom is -0.375 e. The Morgan fingerprint density at radius 2 is 2.17 bits per heavy atom. The number of nitrogens with zero attached hydrogens (tertiary/aromatic N) is 1. The molecule has 0 radical (unpaired) electrons. The van der Waals surface area contributed by atoms with Crippen molar-refractivity contribution < 1.29 is 9.53 Å². The van der Waals surface area contributed by atoms with Crippen LogP contribution in [0.25, 0.3) is 11.3 Å². The number of halogens is 1. The number of rotatable bonds is 4. The van der Waals surface area contributed by atoms with Crippen molar-refractivity contribution in [3.63, 3.8) is 0 Å². The van der Waals surface area contributed by atoms with Crippen LogP contribution in [0.4, 0.5) is 5.13 Å². The third-order valence-electron chi connectivity index (χ3n) is 2.17. The van der Waals surface area contributed by atoms with Gasteiger partial charge in [-0.15, -0.1) is 11.3 Å². The van der Waals surface area contributed by atoms with Gasteiger partial charge in [0.1, 0.15) is 6.61 Å². The number of methoxy groups -OCH3 is 1. The van der Waals surface area contributed by atoms with Gasteiger partial charge in [0.2, 0.25) is 0 Å². The largest absolute Gasteiger partial charge is 0.375 e. The van der Waals surface area contributed by atoms with E-state index in [4.69, 9.17) is 4.74 Å².